The summed E-state index contributed by atoms with van der Waals surface area (Å²) in [6.45, 7) is 5.68. The number of benzene rings is 3. The second-order valence-corrected chi connectivity index (χ2v) is 9.81. The number of halogens is 2. The number of carbonyl (C=O) groups excluding carboxylic acids is 2. The van der Waals surface area contributed by atoms with E-state index in [1.807, 2.05) is 43.3 Å². The molecule has 3 aromatic carbocycles. The molecule has 3 amide bonds. The molecule has 4 aromatic rings. The van der Waals surface area contributed by atoms with Crippen LogP contribution in [-0.4, -0.2) is 34.8 Å². The summed E-state index contributed by atoms with van der Waals surface area (Å²) in [5.41, 5.74) is 2.72. The highest BCUT2D eigenvalue weighted by Crippen LogP contribution is 2.29. The number of anilines is 1. The average Bonchev–Trinajstić information content (AvgIpc) is 2.93. The summed E-state index contributed by atoms with van der Waals surface area (Å²) >= 11 is 12.3. The molecule has 1 N–H and O–H groups in total. The molecule has 0 spiro atoms. The molecule has 1 aromatic heterocycles. The number of nitrogens with one attached hydrogen (secondary N) is 1. The molecule has 7 nitrogen and oxygen atoms in total. The van der Waals surface area contributed by atoms with Crippen LogP contribution in [0.4, 0.5) is 10.5 Å². The lowest BCUT2D eigenvalue weighted by molar-refractivity contribution is -0.133. The van der Waals surface area contributed by atoms with Crippen LogP contribution in [0.1, 0.15) is 16.7 Å². The SMILES string of the molecule is C=CCN(CC(=O)N(Cc1ccccc1)Cc1coc2ccc(C)cc2c1=O)C(=O)Nc1cccc(Cl)c1Cl. The van der Waals surface area contributed by atoms with E-state index in [4.69, 9.17) is 27.6 Å². The standard InChI is InChI=1S/C30H27Cl2N3O4/c1-3-14-34(30(38)33-25-11-7-10-24(31)28(25)32)18-27(36)35(16-21-8-5-4-6-9-21)17-22-19-39-26-13-12-20(2)15-23(26)29(22)37/h3-13,15,19H,1,14,16-18H2,2H3,(H,33,38). The summed E-state index contributed by atoms with van der Waals surface area (Å²) in [4.78, 5) is 42.8. The highest BCUT2D eigenvalue weighted by Gasteiger charge is 2.23. The summed E-state index contributed by atoms with van der Waals surface area (Å²) in [6.07, 6.45) is 2.91. The van der Waals surface area contributed by atoms with Gasteiger partial charge in [0.25, 0.3) is 0 Å². The number of rotatable bonds is 9. The Labute approximate surface area is 236 Å². The van der Waals surface area contributed by atoms with E-state index in [9.17, 15) is 14.4 Å². The average molecular weight is 564 g/mol. The molecule has 0 bridgehead atoms. The molecule has 0 aliphatic rings. The summed E-state index contributed by atoms with van der Waals surface area (Å²) < 4.78 is 5.71. The van der Waals surface area contributed by atoms with Gasteiger partial charge in [0.2, 0.25) is 5.91 Å². The van der Waals surface area contributed by atoms with E-state index in [-0.39, 0.29) is 42.5 Å². The van der Waals surface area contributed by atoms with Gasteiger partial charge in [-0.1, -0.05) is 77.3 Å². The van der Waals surface area contributed by atoms with Crippen LogP contribution < -0.4 is 10.7 Å². The van der Waals surface area contributed by atoms with Crippen molar-refractivity contribution in [1.29, 1.82) is 0 Å². The van der Waals surface area contributed by atoms with Crippen LogP contribution in [0.15, 0.2) is 94.9 Å². The molecule has 0 fully saturated rings. The van der Waals surface area contributed by atoms with Gasteiger partial charge in [0.15, 0.2) is 5.43 Å². The van der Waals surface area contributed by atoms with Crippen molar-refractivity contribution in [3.8, 4) is 0 Å². The molecular formula is C30H27Cl2N3O4. The molecule has 0 atom stereocenters. The first-order valence-corrected chi connectivity index (χ1v) is 13.0. The first-order chi connectivity index (χ1) is 18.8. The van der Waals surface area contributed by atoms with Gasteiger partial charge in [-0.05, 0) is 36.8 Å². The first-order valence-electron chi connectivity index (χ1n) is 12.2. The Hall–Kier alpha value is -4.07. The zero-order chi connectivity index (χ0) is 27.9. The van der Waals surface area contributed by atoms with Crippen molar-refractivity contribution in [1.82, 2.24) is 9.80 Å². The Kier molecular flexibility index (Phi) is 9.07. The van der Waals surface area contributed by atoms with Crippen molar-refractivity contribution in [3.05, 3.63) is 123 Å². The van der Waals surface area contributed by atoms with Crippen LogP contribution in [0.5, 0.6) is 0 Å². The molecule has 4 rings (SSSR count). The van der Waals surface area contributed by atoms with E-state index < -0.39 is 6.03 Å². The molecule has 0 aliphatic heterocycles. The first kappa shape index (κ1) is 28.0. The number of carbonyl (C=O) groups is 2. The normalized spacial score (nSPS) is 10.7. The Morgan fingerprint density at radius 2 is 1.77 bits per heavy atom. The zero-order valence-electron chi connectivity index (χ0n) is 21.3. The Balaban J connectivity index is 1.60. The quantitative estimate of drug-likeness (QED) is 0.231. The summed E-state index contributed by atoms with van der Waals surface area (Å²) in [5.74, 6) is -0.364. The van der Waals surface area contributed by atoms with Crippen LogP contribution in [-0.2, 0) is 17.9 Å². The van der Waals surface area contributed by atoms with Crippen molar-refractivity contribution in [2.45, 2.75) is 20.0 Å². The molecule has 0 unspecified atom stereocenters. The molecule has 0 aliphatic carbocycles. The lowest BCUT2D eigenvalue weighted by Gasteiger charge is -2.27. The third kappa shape index (κ3) is 6.88. The van der Waals surface area contributed by atoms with E-state index in [1.165, 1.54) is 22.1 Å². The van der Waals surface area contributed by atoms with Crippen LogP contribution >= 0.6 is 23.2 Å². The van der Waals surface area contributed by atoms with Crippen molar-refractivity contribution >= 4 is 51.8 Å². The van der Waals surface area contributed by atoms with E-state index in [0.717, 1.165) is 11.1 Å². The smallest absolute Gasteiger partial charge is 0.322 e. The fourth-order valence-electron chi connectivity index (χ4n) is 4.07. The van der Waals surface area contributed by atoms with Gasteiger partial charge in [-0.15, -0.1) is 6.58 Å². The fourth-order valence-corrected chi connectivity index (χ4v) is 4.42. The molecule has 0 saturated heterocycles. The molecule has 0 radical (unpaired) electrons. The Morgan fingerprint density at radius 1 is 1.00 bits per heavy atom. The van der Waals surface area contributed by atoms with Crippen molar-refractivity contribution in [2.24, 2.45) is 0 Å². The van der Waals surface area contributed by atoms with Gasteiger partial charge < -0.3 is 19.5 Å². The summed E-state index contributed by atoms with van der Waals surface area (Å²) in [5, 5.41) is 3.64. The van der Waals surface area contributed by atoms with Crippen molar-refractivity contribution in [2.75, 3.05) is 18.4 Å². The predicted octanol–water partition coefficient (Wildman–Crippen LogP) is 6.66. The van der Waals surface area contributed by atoms with Gasteiger partial charge in [-0.3, -0.25) is 9.59 Å². The fraction of sp³-hybridized carbons (Fsp3) is 0.167. The Bertz CT molecular complexity index is 1570. The third-order valence-corrected chi connectivity index (χ3v) is 6.90. The van der Waals surface area contributed by atoms with E-state index >= 15 is 0 Å². The zero-order valence-corrected chi connectivity index (χ0v) is 22.8. The molecule has 9 heteroatoms. The summed E-state index contributed by atoms with van der Waals surface area (Å²) in [7, 11) is 0. The van der Waals surface area contributed by atoms with E-state index in [0.29, 0.717) is 27.2 Å². The van der Waals surface area contributed by atoms with Gasteiger partial charge in [0.1, 0.15) is 12.1 Å². The number of amides is 3. The highest BCUT2D eigenvalue weighted by molar-refractivity contribution is 6.44. The van der Waals surface area contributed by atoms with Crippen molar-refractivity contribution in [3.63, 3.8) is 0 Å². The molecule has 1 heterocycles. The minimum Gasteiger partial charge on any atom is -0.464 e. The summed E-state index contributed by atoms with van der Waals surface area (Å²) in [6, 6.07) is 19.1. The number of urea groups is 1. The van der Waals surface area contributed by atoms with Crippen LogP contribution in [0.25, 0.3) is 11.0 Å². The van der Waals surface area contributed by atoms with Crippen LogP contribution in [0, 0.1) is 6.92 Å². The lowest BCUT2D eigenvalue weighted by atomic mass is 10.1. The maximum Gasteiger partial charge on any atom is 0.322 e. The maximum atomic E-state index is 13.6. The lowest BCUT2D eigenvalue weighted by Crippen LogP contribution is -2.44. The monoisotopic (exact) mass is 563 g/mol. The number of hydrogen-bond acceptors (Lipinski definition) is 4. The maximum absolute atomic E-state index is 13.6. The Morgan fingerprint density at radius 3 is 2.51 bits per heavy atom. The molecule has 200 valence electrons. The predicted molar refractivity (Wildman–Crippen MR) is 155 cm³/mol. The minimum atomic E-state index is -0.548. The third-order valence-electron chi connectivity index (χ3n) is 6.09. The second-order valence-electron chi connectivity index (χ2n) is 9.03. The number of nitrogens with zero attached hydrogens (tertiary/aromatic N) is 2. The van der Waals surface area contributed by atoms with Gasteiger partial charge in [0, 0.05) is 13.1 Å². The number of aryl methyl sites for hydroxylation is 1. The molecular weight excluding hydrogens is 537 g/mol. The largest absolute Gasteiger partial charge is 0.464 e. The molecule has 0 saturated carbocycles. The van der Waals surface area contributed by atoms with Crippen LogP contribution in [0.2, 0.25) is 10.0 Å². The van der Waals surface area contributed by atoms with Gasteiger partial charge in [0.05, 0.1) is 39.5 Å². The van der Waals surface area contributed by atoms with Crippen LogP contribution in [0.3, 0.4) is 0 Å². The van der Waals surface area contributed by atoms with E-state index in [2.05, 4.69) is 11.9 Å². The number of hydrogen-bond donors (Lipinski definition) is 1. The van der Waals surface area contributed by atoms with E-state index in [1.54, 1.807) is 30.3 Å². The number of fused-ring (bicyclic) bond motifs is 1. The highest BCUT2D eigenvalue weighted by atomic mass is 35.5. The minimum absolute atomic E-state index is 0.00358. The van der Waals surface area contributed by atoms with Gasteiger partial charge in [-0.25, -0.2) is 4.79 Å². The van der Waals surface area contributed by atoms with Gasteiger partial charge >= 0.3 is 6.03 Å². The molecule has 39 heavy (non-hydrogen) atoms. The topological polar surface area (TPSA) is 82.9 Å². The second kappa shape index (κ2) is 12.7. The van der Waals surface area contributed by atoms with Crippen molar-refractivity contribution < 1.29 is 14.0 Å². The van der Waals surface area contributed by atoms with Gasteiger partial charge in [-0.2, -0.15) is 0 Å².